The predicted octanol–water partition coefficient (Wildman–Crippen LogP) is 1.94. The van der Waals surface area contributed by atoms with Gasteiger partial charge in [-0.3, -0.25) is 9.88 Å². The molecule has 0 amide bonds. The second-order valence-electron chi connectivity index (χ2n) is 5.20. The number of nitrogens with zero attached hydrogens (tertiary/aromatic N) is 3. The van der Waals surface area contributed by atoms with E-state index in [9.17, 15) is 0 Å². The first kappa shape index (κ1) is 13.8. The van der Waals surface area contributed by atoms with Crippen molar-refractivity contribution < 1.29 is 5.21 Å². The molecule has 0 aromatic carbocycles. The van der Waals surface area contributed by atoms with Crippen LogP contribution in [0, 0.1) is 0 Å². The lowest BCUT2D eigenvalue weighted by Crippen LogP contribution is -2.33. The molecule has 0 unspecified atom stereocenters. The maximum atomic E-state index is 8.80. The van der Waals surface area contributed by atoms with E-state index < -0.39 is 0 Å². The Balaban J connectivity index is 2.09. The Kier molecular flexibility index (Phi) is 4.74. The summed E-state index contributed by atoms with van der Waals surface area (Å²) in [6.07, 6.45) is 8.17. The van der Waals surface area contributed by atoms with Crippen molar-refractivity contribution in [1.82, 2.24) is 9.88 Å². The maximum Gasteiger partial charge on any atom is 0.189 e. The lowest BCUT2D eigenvalue weighted by Gasteiger charge is -2.31. The van der Waals surface area contributed by atoms with Crippen LogP contribution in [0.3, 0.4) is 0 Å². The van der Waals surface area contributed by atoms with Gasteiger partial charge in [0.1, 0.15) is 5.69 Å². The molecule has 5 nitrogen and oxygen atoms in total. The third-order valence-corrected chi connectivity index (χ3v) is 3.86. The van der Waals surface area contributed by atoms with E-state index in [-0.39, 0.29) is 5.84 Å². The van der Waals surface area contributed by atoms with E-state index in [1.54, 1.807) is 6.20 Å². The fourth-order valence-electron chi connectivity index (χ4n) is 2.76. The van der Waals surface area contributed by atoms with E-state index in [1.165, 1.54) is 32.1 Å². The van der Waals surface area contributed by atoms with Gasteiger partial charge in [0, 0.05) is 18.8 Å². The van der Waals surface area contributed by atoms with Crippen molar-refractivity contribution in [2.24, 2.45) is 10.9 Å². The number of hydrogen-bond acceptors (Lipinski definition) is 4. The van der Waals surface area contributed by atoms with Gasteiger partial charge in [-0.05, 0) is 31.5 Å². The molecule has 19 heavy (non-hydrogen) atoms. The molecule has 0 spiro atoms. The minimum absolute atomic E-state index is 0.0765. The summed E-state index contributed by atoms with van der Waals surface area (Å²) in [5.41, 5.74) is 7.25. The third-order valence-electron chi connectivity index (χ3n) is 3.86. The Labute approximate surface area is 114 Å². The van der Waals surface area contributed by atoms with Crippen LogP contribution in [0.1, 0.15) is 43.4 Å². The van der Waals surface area contributed by atoms with Gasteiger partial charge in [0.25, 0.3) is 0 Å². The summed E-state index contributed by atoms with van der Waals surface area (Å²) in [5.74, 6) is 0.0765. The molecule has 5 heteroatoms. The van der Waals surface area contributed by atoms with Gasteiger partial charge in [0.15, 0.2) is 5.84 Å². The van der Waals surface area contributed by atoms with Gasteiger partial charge in [0.2, 0.25) is 0 Å². The highest BCUT2D eigenvalue weighted by Gasteiger charge is 2.19. The number of nitrogens with two attached hydrogens (primary N) is 1. The molecule has 1 aliphatic carbocycles. The molecular weight excluding hydrogens is 240 g/mol. The van der Waals surface area contributed by atoms with Gasteiger partial charge in [-0.2, -0.15) is 0 Å². The summed E-state index contributed by atoms with van der Waals surface area (Å²) >= 11 is 0. The second-order valence-corrected chi connectivity index (χ2v) is 5.20. The van der Waals surface area contributed by atoms with Crippen molar-refractivity contribution in [3.63, 3.8) is 0 Å². The van der Waals surface area contributed by atoms with Crippen LogP contribution in [0.25, 0.3) is 0 Å². The Bertz CT molecular complexity index is 441. The van der Waals surface area contributed by atoms with Crippen molar-refractivity contribution in [1.29, 1.82) is 0 Å². The van der Waals surface area contributed by atoms with Gasteiger partial charge in [0.05, 0.1) is 0 Å². The van der Waals surface area contributed by atoms with Crippen molar-refractivity contribution in [2.45, 2.75) is 44.7 Å². The molecule has 1 fully saturated rings. The Hall–Kier alpha value is -1.62. The lowest BCUT2D eigenvalue weighted by atomic mass is 9.94. The quantitative estimate of drug-likeness (QED) is 0.376. The largest absolute Gasteiger partial charge is 0.409 e. The molecule has 0 bridgehead atoms. The Morgan fingerprint density at radius 2 is 2.21 bits per heavy atom. The van der Waals surface area contributed by atoms with Gasteiger partial charge < -0.3 is 10.9 Å². The zero-order valence-corrected chi connectivity index (χ0v) is 11.4. The number of hydrogen-bond donors (Lipinski definition) is 2. The standard InChI is InChI=1S/C14H22N4O/c1-18(12-7-3-2-4-8-12)10-11-6-5-9-16-13(11)14(15)17-19/h5-6,9,12,19H,2-4,7-8,10H2,1H3,(H2,15,17). The van der Waals surface area contributed by atoms with Crippen LogP contribution < -0.4 is 5.73 Å². The fraction of sp³-hybridized carbons (Fsp3) is 0.571. The van der Waals surface area contributed by atoms with Crippen LogP contribution in [-0.2, 0) is 6.54 Å². The first-order chi connectivity index (χ1) is 9.22. The van der Waals surface area contributed by atoms with Gasteiger partial charge >= 0.3 is 0 Å². The van der Waals surface area contributed by atoms with Gasteiger partial charge in [-0.15, -0.1) is 0 Å². The van der Waals surface area contributed by atoms with Gasteiger partial charge in [-0.25, -0.2) is 0 Å². The van der Waals surface area contributed by atoms with Crippen LogP contribution in [0.4, 0.5) is 0 Å². The molecule has 1 saturated carbocycles. The lowest BCUT2D eigenvalue weighted by molar-refractivity contribution is 0.184. The fourth-order valence-corrected chi connectivity index (χ4v) is 2.76. The van der Waals surface area contributed by atoms with Crippen LogP contribution >= 0.6 is 0 Å². The molecule has 0 radical (unpaired) electrons. The molecule has 3 N–H and O–H groups in total. The van der Waals surface area contributed by atoms with Gasteiger partial charge in [-0.1, -0.05) is 30.5 Å². The van der Waals surface area contributed by atoms with E-state index >= 15 is 0 Å². The summed E-state index contributed by atoms with van der Waals surface area (Å²) in [6, 6.07) is 4.51. The van der Waals surface area contributed by atoms with Crippen LogP contribution in [0.15, 0.2) is 23.5 Å². The topological polar surface area (TPSA) is 74.7 Å². The molecule has 104 valence electrons. The molecular formula is C14H22N4O. The van der Waals surface area contributed by atoms with E-state index in [2.05, 4.69) is 22.1 Å². The van der Waals surface area contributed by atoms with Crippen LogP contribution in [0.5, 0.6) is 0 Å². The summed E-state index contributed by atoms with van der Waals surface area (Å²) in [7, 11) is 2.14. The van der Waals surface area contributed by atoms with E-state index in [0.29, 0.717) is 11.7 Å². The summed E-state index contributed by atoms with van der Waals surface area (Å²) in [4.78, 5) is 6.56. The monoisotopic (exact) mass is 262 g/mol. The number of oxime groups is 1. The second kappa shape index (κ2) is 6.52. The first-order valence-electron chi connectivity index (χ1n) is 6.84. The van der Waals surface area contributed by atoms with Crippen molar-refractivity contribution in [3.8, 4) is 0 Å². The van der Waals surface area contributed by atoms with E-state index in [4.69, 9.17) is 10.9 Å². The first-order valence-corrected chi connectivity index (χ1v) is 6.84. The molecule has 1 aromatic heterocycles. The number of aromatic nitrogens is 1. The van der Waals surface area contributed by atoms with Crippen molar-refractivity contribution in [3.05, 3.63) is 29.6 Å². The molecule has 0 aliphatic heterocycles. The van der Waals surface area contributed by atoms with Crippen molar-refractivity contribution in [2.75, 3.05) is 7.05 Å². The number of amidine groups is 1. The smallest absolute Gasteiger partial charge is 0.189 e. The summed E-state index contributed by atoms with van der Waals surface area (Å²) in [6.45, 7) is 0.782. The van der Waals surface area contributed by atoms with Crippen LogP contribution in [0.2, 0.25) is 0 Å². The van der Waals surface area contributed by atoms with Crippen LogP contribution in [-0.4, -0.2) is 34.0 Å². The highest BCUT2D eigenvalue weighted by Crippen LogP contribution is 2.23. The number of pyridine rings is 1. The normalized spacial score (nSPS) is 17.9. The van der Waals surface area contributed by atoms with E-state index in [0.717, 1.165) is 12.1 Å². The molecule has 0 saturated heterocycles. The van der Waals surface area contributed by atoms with Crippen molar-refractivity contribution >= 4 is 5.84 Å². The molecule has 1 aromatic rings. The third kappa shape index (κ3) is 3.44. The minimum atomic E-state index is 0.0765. The highest BCUT2D eigenvalue weighted by atomic mass is 16.4. The Morgan fingerprint density at radius 3 is 2.89 bits per heavy atom. The molecule has 0 atom stereocenters. The molecule has 1 heterocycles. The molecule has 2 rings (SSSR count). The average molecular weight is 262 g/mol. The Morgan fingerprint density at radius 1 is 1.47 bits per heavy atom. The zero-order chi connectivity index (χ0) is 13.7. The SMILES string of the molecule is CN(Cc1cccnc1C(N)=NO)C1CCCCC1. The minimum Gasteiger partial charge on any atom is -0.409 e. The van der Waals surface area contributed by atoms with E-state index in [1.807, 2.05) is 12.1 Å². The predicted molar refractivity (Wildman–Crippen MR) is 75.1 cm³/mol. The zero-order valence-electron chi connectivity index (χ0n) is 11.4. The average Bonchev–Trinajstić information content (AvgIpc) is 2.48. The summed E-state index contributed by atoms with van der Waals surface area (Å²) in [5, 5.41) is 11.9. The maximum absolute atomic E-state index is 8.80. The molecule has 1 aliphatic rings. The number of rotatable bonds is 4. The highest BCUT2D eigenvalue weighted by molar-refractivity contribution is 5.96. The summed E-state index contributed by atoms with van der Waals surface area (Å²) < 4.78 is 0.